The molecule has 0 aliphatic heterocycles. The fourth-order valence-corrected chi connectivity index (χ4v) is 3.35. The van der Waals surface area contributed by atoms with Gasteiger partial charge in [-0.3, -0.25) is 0 Å². The van der Waals surface area contributed by atoms with Gasteiger partial charge in [-0.2, -0.15) is 0 Å². The van der Waals surface area contributed by atoms with Crippen LogP contribution in [-0.2, 0) is 0 Å². The first-order valence-electron chi connectivity index (χ1n) is 10.3. The Labute approximate surface area is 186 Å². The molecule has 158 valence electrons. The Bertz CT molecular complexity index is 1100. The molecule has 0 aliphatic rings. The fourth-order valence-electron chi connectivity index (χ4n) is 3.35. The lowest BCUT2D eigenvalue weighted by atomic mass is 9.86. The first-order chi connectivity index (χ1) is 14.8. The van der Waals surface area contributed by atoms with Crippen LogP contribution in [0.25, 0.3) is 5.57 Å². The molecule has 0 amide bonds. The monoisotopic (exact) mass is 410 g/mol. The summed E-state index contributed by atoms with van der Waals surface area (Å²) in [6.07, 6.45) is 9.87. The summed E-state index contributed by atoms with van der Waals surface area (Å²) < 4.78 is 15.0. The number of halogens is 1. The van der Waals surface area contributed by atoms with Gasteiger partial charge in [0.15, 0.2) is 0 Å². The third-order valence-corrected chi connectivity index (χ3v) is 4.98. The van der Waals surface area contributed by atoms with Crippen LogP contribution in [0.15, 0.2) is 127 Å². The molecule has 0 fully saturated rings. The SMILES string of the molecule is C=C\C(C)=C/C(=C\C)/C=C/C(=C)/C(C(=C)C)=C(\c1ccccc1)c1cc(C)ccc1F. The van der Waals surface area contributed by atoms with E-state index in [2.05, 4.69) is 25.8 Å². The lowest BCUT2D eigenvalue weighted by Crippen LogP contribution is -2.01. The van der Waals surface area contributed by atoms with E-state index in [1.165, 1.54) is 6.07 Å². The van der Waals surface area contributed by atoms with Crippen molar-refractivity contribution in [1.29, 1.82) is 0 Å². The molecule has 0 N–H and O–H groups in total. The Morgan fingerprint density at radius 2 is 1.65 bits per heavy atom. The van der Waals surface area contributed by atoms with Crippen LogP contribution in [0.5, 0.6) is 0 Å². The topological polar surface area (TPSA) is 0 Å². The van der Waals surface area contributed by atoms with Gasteiger partial charge in [-0.05, 0) is 73.3 Å². The van der Waals surface area contributed by atoms with Gasteiger partial charge in [0.25, 0.3) is 0 Å². The maximum atomic E-state index is 15.0. The van der Waals surface area contributed by atoms with Crippen molar-refractivity contribution >= 4 is 5.57 Å². The Morgan fingerprint density at radius 3 is 2.23 bits per heavy atom. The van der Waals surface area contributed by atoms with Crippen molar-refractivity contribution in [3.8, 4) is 0 Å². The van der Waals surface area contributed by atoms with Crippen LogP contribution in [0.1, 0.15) is 37.5 Å². The minimum absolute atomic E-state index is 0.265. The van der Waals surface area contributed by atoms with Gasteiger partial charge in [-0.25, -0.2) is 4.39 Å². The number of hydrogen-bond donors (Lipinski definition) is 0. The number of rotatable bonds is 8. The molecule has 0 aromatic heterocycles. The molecule has 0 nitrogen and oxygen atoms in total. The molecule has 2 aromatic rings. The zero-order valence-electron chi connectivity index (χ0n) is 19.0. The predicted octanol–water partition coefficient (Wildman–Crippen LogP) is 8.70. The highest BCUT2D eigenvalue weighted by Gasteiger charge is 2.17. The van der Waals surface area contributed by atoms with Gasteiger partial charge in [0, 0.05) is 5.56 Å². The summed E-state index contributed by atoms with van der Waals surface area (Å²) >= 11 is 0. The van der Waals surface area contributed by atoms with E-state index >= 15 is 4.39 Å². The molecule has 2 rings (SSSR count). The fraction of sp³-hybridized carbons (Fsp3) is 0.133. The lowest BCUT2D eigenvalue weighted by Gasteiger charge is -2.18. The zero-order valence-corrected chi connectivity index (χ0v) is 19.0. The van der Waals surface area contributed by atoms with Crippen LogP contribution in [0.2, 0.25) is 0 Å². The van der Waals surface area contributed by atoms with E-state index in [1.807, 2.05) is 88.4 Å². The molecule has 0 saturated carbocycles. The van der Waals surface area contributed by atoms with Gasteiger partial charge >= 0.3 is 0 Å². The van der Waals surface area contributed by atoms with Crippen molar-refractivity contribution in [1.82, 2.24) is 0 Å². The summed E-state index contributed by atoms with van der Waals surface area (Å²) in [7, 11) is 0. The van der Waals surface area contributed by atoms with Crippen LogP contribution in [0, 0.1) is 12.7 Å². The minimum Gasteiger partial charge on any atom is -0.206 e. The van der Waals surface area contributed by atoms with E-state index in [9.17, 15) is 0 Å². The molecule has 0 heterocycles. The summed E-state index contributed by atoms with van der Waals surface area (Å²) in [5, 5.41) is 0. The van der Waals surface area contributed by atoms with Crippen LogP contribution in [0.3, 0.4) is 0 Å². The van der Waals surface area contributed by atoms with Crippen LogP contribution in [0.4, 0.5) is 4.39 Å². The quantitative estimate of drug-likeness (QED) is 0.382. The van der Waals surface area contributed by atoms with Crippen molar-refractivity contribution in [3.63, 3.8) is 0 Å². The second-order valence-corrected chi connectivity index (χ2v) is 7.62. The van der Waals surface area contributed by atoms with Gasteiger partial charge < -0.3 is 0 Å². The summed E-state index contributed by atoms with van der Waals surface area (Å²) in [6, 6.07) is 15.0. The largest absolute Gasteiger partial charge is 0.206 e. The minimum atomic E-state index is -0.265. The molecule has 31 heavy (non-hydrogen) atoms. The number of aryl methyl sites for hydroxylation is 1. The van der Waals surface area contributed by atoms with E-state index in [0.717, 1.165) is 44.6 Å². The highest BCUT2D eigenvalue weighted by atomic mass is 19.1. The molecule has 0 saturated heterocycles. The van der Waals surface area contributed by atoms with Crippen LogP contribution >= 0.6 is 0 Å². The summed E-state index contributed by atoms with van der Waals surface area (Å²) in [6.45, 7) is 20.2. The molecule has 0 unspecified atom stereocenters. The average Bonchev–Trinajstić information content (AvgIpc) is 2.76. The molecule has 2 aromatic carbocycles. The van der Waals surface area contributed by atoms with Crippen molar-refractivity contribution in [3.05, 3.63) is 149 Å². The normalized spacial score (nSPS) is 13.2. The van der Waals surface area contributed by atoms with Crippen LogP contribution in [-0.4, -0.2) is 0 Å². The Balaban J connectivity index is 2.73. The molecule has 0 radical (unpaired) electrons. The van der Waals surface area contributed by atoms with E-state index in [-0.39, 0.29) is 5.82 Å². The highest BCUT2D eigenvalue weighted by Crippen LogP contribution is 2.35. The van der Waals surface area contributed by atoms with Gasteiger partial charge in [0.2, 0.25) is 0 Å². The third-order valence-electron chi connectivity index (χ3n) is 4.98. The van der Waals surface area contributed by atoms with E-state index in [1.54, 1.807) is 6.07 Å². The van der Waals surface area contributed by atoms with Gasteiger partial charge in [0.05, 0.1) is 0 Å². The Hall–Kier alpha value is -3.45. The van der Waals surface area contributed by atoms with Gasteiger partial charge in [-0.15, -0.1) is 0 Å². The molecule has 0 atom stereocenters. The average molecular weight is 411 g/mol. The van der Waals surface area contributed by atoms with E-state index in [4.69, 9.17) is 0 Å². The maximum Gasteiger partial charge on any atom is 0.131 e. The van der Waals surface area contributed by atoms with Crippen molar-refractivity contribution in [2.24, 2.45) is 0 Å². The summed E-state index contributed by atoms with van der Waals surface area (Å²) in [4.78, 5) is 0. The van der Waals surface area contributed by atoms with Crippen molar-refractivity contribution in [2.45, 2.75) is 27.7 Å². The third kappa shape index (κ3) is 6.26. The lowest BCUT2D eigenvalue weighted by molar-refractivity contribution is 0.623. The van der Waals surface area contributed by atoms with E-state index in [0.29, 0.717) is 5.56 Å². The van der Waals surface area contributed by atoms with Crippen molar-refractivity contribution < 1.29 is 4.39 Å². The second kappa shape index (κ2) is 11.1. The predicted molar refractivity (Wildman–Crippen MR) is 134 cm³/mol. The summed E-state index contributed by atoms with van der Waals surface area (Å²) in [5.41, 5.74) is 7.82. The molecule has 1 heteroatoms. The Kier molecular flexibility index (Phi) is 8.52. The van der Waals surface area contributed by atoms with E-state index < -0.39 is 0 Å². The van der Waals surface area contributed by atoms with Gasteiger partial charge in [0.1, 0.15) is 5.82 Å². The van der Waals surface area contributed by atoms with Gasteiger partial charge in [-0.1, -0.05) is 97.7 Å². The molecule has 0 bridgehead atoms. The first kappa shape index (κ1) is 23.8. The summed E-state index contributed by atoms with van der Waals surface area (Å²) in [5.74, 6) is -0.265. The number of benzene rings is 2. The number of allylic oxidation sites excluding steroid dienone is 10. The second-order valence-electron chi connectivity index (χ2n) is 7.62. The zero-order chi connectivity index (χ0) is 23.0. The first-order valence-corrected chi connectivity index (χ1v) is 10.3. The van der Waals surface area contributed by atoms with Crippen molar-refractivity contribution in [2.75, 3.05) is 0 Å². The molecule has 0 aliphatic carbocycles. The molecular weight excluding hydrogens is 379 g/mol. The molecular formula is C30H31F. The Morgan fingerprint density at radius 1 is 0.968 bits per heavy atom. The number of hydrogen-bond acceptors (Lipinski definition) is 0. The maximum absolute atomic E-state index is 15.0. The molecule has 0 spiro atoms. The van der Waals surface area contributed by atoms with Crippen LogP contribution < -0.4 is 0 Å². The standard InChI is InChI=1S/C30H31F/c1-8-22(5)19-25(9-2)17-16-24(7)29(21(3)4)30(26-13-11-10-12-14-26)27-20-23(6)15-18-28(27)31/h8-20H,1,3,7H2,2,4-6H3/b17-16+,22-19-,25-9-,30-29+. The smallest absolute Gasteiger partial charge is 0.131 e. The highest BCUT2D eigenvalue weighted by molar-refractivity contribution is 5.88.